The van der Waals surface area contributed by atoms with Crippen LogP contribution >= 0.6 is 11.6 Å². The number of nitrogens with zero attached hydrogens (tertiary/aromatic N) is 2. The summed E-state index contributed by atoms with van der Waals surface area (Å²) < 4.78 is 27.0. The van der Waals surface area contributed by atoms with Gasteiger partial charge in [-0.25, -0.2) is 8.42 Å². The smallest absolute Gasteiger partial charge is 0.244 e. The topological polar surface area (TPSA) is 90.3 Å². The molecule has 1 N–H and O–H groups in total. The molecule has 6 nitrogen and oxygen atoms in total. The molecule has 0 spiro atoms. The Morgan fingerprint density at radius 1 is 1.14 bits per heavy atom. The van der Waals surface area contributed by atoms with Crippen LogP contribution in [0.4, 0.5) is 0 Å². The summed E-state index contributed by atoms with van der Waals surface area (Å²) in [6.07, 6.45) is 0.890. The highest BCUT2D eigenvalue weighted by molar-refractivity contribution is 7.89. The first kappa shape index (κ1) is 20.3. The fourth-order valence-electron chi connectivity index (χ4n) is 3.22. The minimum Gasteiger partial charge on any atom is -0.352 e. The second-order valence-corrected chi connectivity index (χ2v) is 8.97. The summed E-state index contributed by atoms with van der Waals surface area (Å²) in [6, 6.07) is 15.3. The zero-order chi connectivity index (χ0) is 20.1. The van der Waals surface area contributed by atoms with Crippen LogP contribution in [0.15, 0.2) is 53.4 Å². The van der Waals surface area contributed by atoms with Gasteiger partial charge in [0.25, 0.3) is 0 Å². The van der Waals surface area contributed by atoms with Crippen molar-refractivity contribution in [2.24, 2.45) is 5.92 Å². The lowest BCUT2D eigenvalue weighted by Gasteiger charge is -2.30. The van der Waals surface area contributed by atoms with Gasteiger partial charge in [0.1, 0.15) is 6.07 Å². The summed E-state index contributed by atoms with van der Waals surface area (Å²) in [6.45, 7) is 0.909. The number of hydrogen-bond acceptors (Lipinski definition) is 4. The van der Waals surface area contributed by atoms with Crippen LogP contribution in [0, 0.1) is 17.2 Å². The van der Waals surface area contributed by atoms with Crippen LogP contribution in [0.5, 0.6) is 0 Å². The van der Waals surface area contributed by atoms with Crippen molar-refractivity contribution in [3.8, 4) is 6.07 Å². The van der Waals surface area contributed by atoms with Crippen molar-refractivity contribution >= 4 is 27.5 Å². The number of amides is 1. The van der Waals surface area contributed by atoms with Gasteiger partial charge >= 0.3 is 0 Å². The van der Waals surface area contributed by atoms with Crippen LogP contribution in [0.3, 0.4) is 0 Å². The molecule has 1 fully saturated rings. The van der Waals surface area contributed by atoms with E-state index in [1.54, 1.807) is 24.3 Å². The molecule has 0 radical (unpaired) electrons. The van der Waals surface area contributed by atoms with Crippen molar-refractivity contribution in [2.75, 3.05) is 13.1 Å². The molecule has 0 aliphatic carbocycles. The van der Waals surface area contributed by atoms with Crippen LogP contribution in [-0.2, 0) is 21.4 Å². The van der Waals surface area contributed by atoms with E-state index in [9.17, 15) is 13.2 Å². The fraction of sp³-hybridized carbons (Fsp3) is 0.300. The Bertz CT molecular complexity index is 992. The van der Waals surface area contributed by atoms with Crippen molar-refractivity contribution in [3.63, 3.8) is 0 Å². The average molecular weight is 418 g/mol. The van der Waals surface area contributed by atoms with E-state index < -0.39 is 10.0 Å². The lowest BCUT2D eigenvalue weighted by atomic mass is 9.97. The predicted octanol–water partition coefficient (Wildman–Crippen LogP) is 2.93. The summed E-state index contributed by atoms with van der Waals surface area (Å²) in [5, 5.41) is 12.7. The minimum absolute atomic E-state index is 0.0168. The highest BCUT2D eigenvalue weighted by atomic mass is 35.5. The number of piperidine rings is 1. The maximum Gasteiger partial charge on any atom is 0.244 e. The quantitative estimate of drug-likeness (QED) is 0.809. The van der Waals surface area contributed by atoms with Gasteiger partial charge < -0.3 is 5.32 Å². The summed E-state index contributed by atoms with van der Waals surface area (Å²) in [7, 11) is -3.75. The van der Waals surface area contributed by atoms with Crippen molar-refractivity contribution in [1.82, 2.24) is 9.62 Å². The Morgan fingerprint density at radius 2 is 1.79 bits per heavy atom. The Labute approximate surface area is 169 Å². The largest absolute Gasteiger partial charge is 0.352 e. The van der Waals surface area contributed by atoms with Gasteiger partial charge in [0.05, 0.1) is 10.5 Å². The summed E-state index contributed by atoms with van der Waals surface area (Å²) >= 11 is 5.85. The molecule has 1 aliphatic rings. The number of rotatable bonds is 5. The molecule has 1 heterocycles. The Kier molecular flexibility index (Phi) is 6.35. The maximum atomic E-state index is 12.8. The van der Waals surface area contributed by atoms with Crippen LogP contribution in [-0.4, -0.2) is 31.7 Å². The number of carbonyl (C=O) groups excluding carboxylic acids is 1. The van der Waals surface area contributed by atoms with Crippen molar-refractivity contribution in [1.29, 1.82) is 5.26 Å². The highest BCUT2D eigenvalue weighted by Crippen LogP contribution is 2.25. The lowest BCUT2D eigenvalue weighted by Crippen LogP contribution is -2.43. The second-order valence-electron chi connectivity index (χ2n) is 6.63. The zero-order valence-electron chi connectivity index (χ0n) is 15.1. The third-order valence-corrected chi connectivity index (χ3v) is 7.04. The normalized spacial score (nSPS) is 15.7. The molecule has 28 heavy (non-hydrogen) atoms. The first-order valence-electron chi connectivity index (χ1n) is 8.93. The molecule has 0 bridgehead atoms. The fourth-order valence-corrected chi connectivity index (χ4v) is 4.95. The Balaban J connectivity index is 1.58. The number of hydrogen-bond donors (Lipinski definition) is 1. The third kappa shape index (κ3) is 4.53. The van der Waals surface area contributed by atoms with Gasteiger partial charge in [-0.05, 0) is 42.7 Å². The standard InChI is InChI=1S/C20H20ClN3O3S/c21-18-7-5-15(6-8-18)14-23-20(25)16-9-11-24(12-10-16)28(26,27)19-4-2-1-3-17(19)13-22/h1-8,16H,9-12,14H2,(H,23,25). The van der Waals surface area contributed by atoms with E-state index in [0.717, 1.165) is 5.56 Å². The molecule has 0 atom stereocenters. The average Bonchev–Trinajstić information content (AvgIpc) is 2.73. The number of nitrogens with one attached hydrogen (secondary N) is 1. The van der Waals surface area contributed by atoms with E-state index in [2.05, 4.69) is 5.32 Å². The van der Waals surface area contributed by atoms with Gasteiger partial charge in [0, 0.05) is 30.6 Å². The molecule has 0 saturated carbocycles. The molecule has 1 saturated heterocycles. The molecule has 2 aromatic rings. The first-order valence-corrected chi connectivity index (χ1v) is 10.7. The molecule has 3 rings (SSSR count). The highest BCUT2D eigenvalue weighted by Gasteiger charge is 2.33. The van der Waals surface area contributed by atoms with Gasteiger partial charge in [-0.1, -0.05) is 35.9 Å². The number of benzene rings is 2. The predicted molar refractivity (Wildman–Crippen MR) is 106 cm³/mol. The first-order chi connectivity index (χ1) is 13.4. The van der Waals surface area contributed by atoms with E-state index >= 15 is 0 Å². The summed E-state index contributed by atoms with van der Waals surface area (Å²) in [5.41, 5.74) is 1.08. The maximum absolute atomic E-state index is 12.8. The van der Waals surface area contributed by atoms with E-state index in [-0.39, 0.29) is 35.4 Å². The Morgan fingerprint density at radius 3 is 2.43 bits per heavy atom. The summed E-state index contributed by atoms with van der Waals surface area (Å²) in [4.78, 5) is 12.4. The zero-order valence-corrected chi connectivity index (χ0v) is 16.7. The number of nitriles is 1. The van der Waals surface area contributed by atoms with Gasteiger partial charge in [0.2, 0.25) is 15.9 Å². The lowest BCUT2D eigenvalue weighted by molar-refractivity contribution is -0.126. The van der Waals surface area contributed by atoms with Gasteiger partial charge in [0.15, 0.2) is 0 Å². The SMILES string of the molecule is N#Cc1ccccc1S(=O)(=O)N1CCC(C(=O)NCc2ccc(Cl)cc2)CC1. The van der Waals surface area contributed by atoms with E-state index in [0.29, 0.717) is 24.4 Å². The number of carbonyl (C=O) groups is 1. The van der Waals surface area contributed by atoms with Gasteiger partial charge in [-0.3, -0.25) is 4.79 Å². The van der Waals surface area contributed by atoms with Crippen LogP contribution in [0.25, 0.3) is 0 Å². The van der Waals surface area contributed by atoms with E-state index in [1.165, 1.54) is 16.4 Å². The second kappa shape index (κ2) is 8.74. The minimum atomic E-state index is -3.75. The molecule has 146 valence electrons. The molecule has 1 amide bonds. The monoisotopic (exact) mass is 417 g/mol. The molecule has 0 unspecified atom stereocenters. The summed E-state index contributed by atoms with van der Waals surface area (Å²) in [5.74, 6) is -0.311. The Hall–Kier alpha value is -2.40. The van der Waals surface area contributed by atoms with Crippen LogP contribution in [0.1, 0.15) is 24.0 Å². The molecular formula is C20H20ClN3O3S. The van der Waals surface area contributed by atoms with Crippen LogP contribution in [0.2, 0.25) is 5.02 Å². The van der Waals surface area contributed by atoms with E-state index in [1.807, 2.05) is 18.2 Å². The third-order valence-electron chi connectivity index (χ3n) is 4.83. The van der Waals surface area contributed by atoms with Crippen molar-refractivity contribution in [2.45, 2.75) is 24.3 Å². The molecule has 1 aliphatic heterocycles. The molecule has 2 aromatic carbocycles. The molecular weight excluding hydrogens is 398 g/mol. The van der Waals surface area contributed by atoms with Crippen LogP contribution < -0.4 is 5.32 Å². The van der Waals surface area contributed by atoms with Gasteiger partial charge in [-0.2, -0.15) is 9.57 Å². The van der Waals surface area contributed by atoms with E-state index in [4.69, 9.17) is 16.9 Å². The van der Waals surface area contributed by atoms with Gasteiger partial charge in [-0.15, -0.1) is 0 Å². The van der Waals surface area contributed by atoms with Crippen molar-refractivity contribution in [3.05, 3.63) is 64.7 Å². The number of sulfonamides is 1. The number of halogens is 1. The molecule has 0 aromatic heterocycles. The molecule has 8 heteroatoms. The van der Waals surface area contributed by atoms with Crippen molar-refractivity contribution < 1.29 is 13.2 Å².